The molecule has 6 nitrogen and oxygen atoms in total. The summed E-state index contributed by atoms with van der Waals surface area (Å²) in [5.74, 6) is 0.680. The molecule has 0 amide bonds. The van der Waals surface area contributed by atoms with Crippen LogP contribution in [0.2, 0.25) is 0 Å². The van der Waals surface area contributed by atoms with Gasteiger partial charge in [0.05, 0.1) is 11.3 Å². The van der Waals surface area contributed by atoms with Crippen LogP contribution in [0, 0.1) is 5.82 Å². The number of hydrogen-bond donors (Lipinski definition) is 2. The molecule has 0 bridgehead atoms. The summed E-state index contributed by atoms with van der Waals surface area (Å²) in [7, 11) is 0. The molecule has 0 spiro atoms. The van der Waals surface area contributed by atoms with E-state index in [1.165, 1.54) is 37.3 Å². The molecule has 2 aromatic carbocycles. The Labute approximate surface area is 220 Å². The van der Waals surface area contributed by atoms with Crippen molar-refractivity contribution in [1.29, 1.82) is 0 Å². The molecular weight excluding hydrogens is 485 g/mol. The van der Waals surface area contributed by atoms with Gasteiger partial charge in [0.2, 0.25) is 5.95 Å². The highest BCUT2D eigenvalue weighted by atomic mass is 32.2. The van der Waals surface area contributed by atoms with E-state index in [-0.39, 0.29) is 5.75 Å². The van der Waals surface area contributed by atoms with E-state index in [2.05, 4.69) is 31.6 Å². The van der Waals surface area contributed by atoms with Crippen LogP contribution in [0.15, 0.2) is 84.7 Å². The zero-order chi connectivity index (χ0) is 25.5. The summed E-state index contributed by atoms with van der Waals surface area (Å²) in [6, 6.07) is 16.6. The van der Waals surface area contributed by atoms with Crippen molar-refractivity contribution in [3.8, 4) is 22.8 Å². The van der Waals surface area contributed by atoms with Gasteiger partial charge >= 0.3 is 0 Å². The Morgan fingerprint density at radius 1 is 1.00 bits per heavy atom. The van der Waals surface area contributed by atoms with Crippen LogP contribution in [0.3, 0.4) is 0 Å². The smallest absolute Gasteiger partial charge is 0.223 e. The summed E-state index contributed by atoms with van der Waals surface area (Å²) in [4.78, 5) is 14.3. The molecule has 0 saturated heterocycles. The highest BCUT2D eigenvalue weighted by Gasteiger charge is 2.16. The van der Waals surface area contributed by atoms with Crippen molar-refractivity contribution in [1.82, 2.24) is 15.0 Å². The summed E-state index contributed by atoms with van der Waals surface area (Å²) in [6.07, 6.45) is 12.8. The van der Waals surface area contributed by atoms with Gasteiger partial charge in [-0.05, 0) is 60.7 Å². The van der Waals surface area contributed by atoms with Gasteiger partial charge in [-0.3, -0.25) is 4.98 Å². The largest absolute Gasteiger partial charge is 0.453 e. The fourth-order valence-electron chi connectivity index (χ4n) is 4.29. The van der Waals surface area contributed by atoms with Crippen LogP contribution in [0.25, 0.3) is 17.3 Å². The maximum Gasteiger partial charge on any atom is 0.223 e. The lowest BCUT2D eigenvalue weighted by atomic mass is 9.96. The van der Waals surface area contributed by atoms with Gasteiger partial charge < -0.3 is 14.8 Å². The molecule has 1 fully saturated rings. The maximum absolute atomic E-state index is 15.0. The van der Waals surface area contributed by atoms with E-state index < -0.39 is 5.82 Å². The average Bonchev–Trinajstić information content (AvgIpc) is 2.94. The zero-order valence-corrected chi connectivity index (χ0v) is 21.2. The van der Waals surface area contributed by atoms with Gasteiger partial charge in [0.1, 0.15) is 5.75 Å². The van der Waals surface area contributed by atoms with Gasteiger partial charge in [-0.25, -0.2) is 14.4 Å². The van der Waals surface area contributed by atoms with Crippen molar-refractivity contribution in [3.63, 3.8) is 0 Å². The minimum Gasteiger partial charge on any atom is -0.453 e. The van der Waals surface area contributed by atoms with Crippen molar-refractivity contribution < 1.29 is 9.13 Å². The van der Waals surface area contributed by atoms with Crippen LogP contribution >= 0.6 is 11.9 Å². The van der Waals surface area contributed by atoms with Crippen LogP contribution in [0.4, 0.5) is 16.0 Å². The second-order valence-electron chi connectivity index (χ2n) is 8.81. The van der Waals surface area contributed by atoms with Gasteiger partial charge in [-0.15, -0.1) is 0 Å². The molecule has 0 radical (unpaired) electrons. The minimum atomic E-state index is -0.479. The molecule has 188 valence electrons. The number of ether oxygens (including phenoxy) is 1. The van der Waals surface area contributed by atoms with Crippen molar-refractivity contribution in [3.05, 3.63) is 91.1 Å². The molecule has 0 aliphatic heterocycles. The molecule has 2 N–H and O–H groups in total. The predicted octanol–water partition coefficient (Wildman–Crippen LogP) is 7.98. The van der Waals surface area contributed by atoms with Gasteiger partial charge in [0.25, 0.3) is 0 Å². The number of anilines is 2. The Bertz CT molecular complexity index is 1380. The molecule has 4 aromatic rings. The lowest BCUT2D eigenvalue weighted by Gasteiger charge is -2.22. The Morgan fingerprint density at radius 2 is 1.86 bits per heavy atom. The monoisotopic (exact) mass is 513 g/mol. The average molecular weight is 514 g/mol. The second kappa shape index (κ2) is 11.9. The molecular formula is C29H28FN5OS. The molecule has 1 aliphatic carbocycles. The van der Waals surface area contributed by atoms with Crippen LogP contribution in [-0.4, -0.2) is 21.0 Å². The van der Waals surface area contributed by atoms with E-state index in [1.54, 1.807) is 48.9 Å². The lowest BCUT2D eigenvalue weighted by Crippen LogP contribution is -2.23. The number of nitrogens with one attached hydrogen (secondary N) is 2. The summed E-state index contributed by atoms with van der Waals surface area (Å²) >= 11 is 1.40. The summed E-state index contributed by atoms with van der Waals surface area (Å²) < 4.78 is 24.2. The van der Waals surface area contributed by atoms with E-state index in [0.29, 0.717) is 34.7 Å². The Morgan fingerprint density at radius 3 is 2.70 bits per heavy atom. The number of nitrogens with zero attached hydrogens (tertiary/aromatic N) is 3. The Hall–Kier alpha value is -3.91. The van der Waals surface area contributed by atoms with Gasteiger partial charge in [-0.1, -0.05) is 50.1 Å². The fourth-order valence-corrected chi connectivity index (χ4v) is 5.06. The van der Waals surface area contributed by atoms with Gasteiger partial charge in [-0.2, -0.15) is 0 Å². The zero-order valence-electron chi connectivity index (χ0n) is 20.4. The second-order valence-corrected chi connectivity index (χ2v) is 9.66. The third-order valence-electron chi connectivity index (χ3n) is 6.22. The molecule has 37 heavy (non-hydrogen) atoms. The Balaban J connectivity index is 1.31. The number of pyridine rings is 1. The topological polar surface area (TPSA) is 72.0 Å². The van der Waals surface area contributed by atoms with E-state index in [1.807, 2.05) is 24.3 Å². The first-order valence-electron chi connectivity index (χ1n) is 12.4. The number of halogens is 1. The van der Waals surface area contributed by atoms with E-state index in [9.17, 15) is 0 Å². The first-order chi connectivity index (χ1) is 18.2. The minimum absolute atomic E-state index is 0.115. The summed E-state index contributed by atoms with van der Waals surface area (Å²) in [5, 5.41) is 3.45. The number of rotatable bonds is 9. The predicted molar refractivity (Wildman–Crippen MR) is 148 cm³/mol. The van der Waals surface area contributed by atoms with Gasteiger partial charge in [0, 0.05) is 41.3 Å². The highest BCUT2D eigenvalue weighted by molar-refractivity contribution is 8.00. The third kappa shape index (κ3) is 6.27. The standard InChI is InChI=1S/C29H28FN5OS/c1-2-20-8-6-7-11-28(20)37-35-22-12-13-27(24(30)18-22)36-26-15-16-31-19-23(26)25-14-17-32-29(34-25)33-21-9-4-3-5-10-21/h2,6-8,11-19,21,35H,1,3-5,9-10H2,(H,32,33,34). The van der Waals surface area contributed by atoms with Gasteiger partial charge in [0.15, 0.2) is 11.6 Å². The lowest BCUT2D eigenvalue weighted by molar-refractivity contribution is 0.443. The van der Waals surface area contributed by atoms with Crippen molar-refractivity contribution in [2.75, 3.05) is 10.0 Å². The third-order valence-corrected chi connectivity index (χ3v) is 7.15. The number of hydrogen-bond acceptors (Lipinski definition) is 7. The van der Waals surface area contributed by atoms with E-state index in [4.69, 9.17) is 4.74 Å². The first-order valence-corrected chi connectivity index (χ1v) is 13.2. The summed E-state index contributed by atoms with van der Waals surface area (Å²) in [5.41, 5.74) is 2.95. The molecule has 2 aromatic heterocycles. The van der Waals surface area contributed by atoms with E-state index >= 15 is 4.39 Å². The summed E-state index contributed by atoms with van der Waals surface area (Å²) in [6.45, 7) is 3.84. The number of aromatic nitrogens is 3. The first kappa shape index (κ1) is 24.8. The molecule has 5 rings (SSSR count). The Kier molecular flexibility index (Phi) is 7.96. The quantitative estimate of drug-likeness (QED) is 0.220. The molecule has 8 heteroatoms. The van der Waals surface area contributed by atoms with Crippen LogP contribution < -0.4 is 14.8 Å². The number of benzene rings is 2. The normalized spacial score (nSPS) is 13.6. The van der Waals surface area contributed by atoms with Crippen molar-refractivity contribution >= 4 is 29.7 Å². The van der Waals surface area contributed by atoms with Crippen LogP contribution in [0.5, 0.6) is 11.5 Å². The molecule has 1 aliphatic rings. The molecule has 1 saturated carbocycles. The van der Waals surface area contributed by atoms with Crippen molar-refractivity contribution in [2.45, 2.75) is 43.0 Å². The molecule has 0 atom stereocenters. The molecule has 0 unspecified atom stereocenters. The van der Waals surface area contributed by atoms with Crippen LogP contribution in [-0.2, 0) is 0 Å². The fraction of sp³-hybridized carbons (Fsp3) is 0.207. The molecule has 2 heterocycles. The van der Waals surface area contributed by atoms with E-state index in [0.717, 1.165) is 23.3 Å². The maximum atomic E-state index is 15.0. The SMILES string of the molecule is C=Cc1ccccc1SNc1ccc(Oc2ccncc2-c2ccnc(NC3CCCCC3)n2)c(F)c1. The van der Waals surface area contributed by atoms with Crippen LogP contribution in [0.1, 0.15) is 37.7 Å². The highest BCUT2D eigenvalue weighted by Crippen LogP contribution is 2.35. The van der Waals surface area contributed by atoms with Crippen molar-refractivity contribution in [2.24, 2.45) is 0 Å².